The molecule has 0 saturated carbocycles. The fraction of sp³-hybridized carbons (Fsp3) is 0.636. The van der Waals surface area contributed by atoms with Gasteiger partial charge in [-0.15, -0.1) is 11.8 Å². The molecule has 0 aromatic carbocycles. The van der Waals surface area contributed by atoms with Crippen LogP contribution in [0.3, 0.4) is 0 Å². The fourth-order valence-corrected chi connectivity index (χ4v) is 3.42. The topological polar surface area (TPSA) is 95.3 Å². The normalized spacial score (nSPS) is 27.6. The zero-order chi connectivity index (χ0) is 13.3. The predicted molar refractivity (Wildman–Crippen MR) is 68.8 cm³/mol. The van der Waals surface area contributed by atoms with Crippen molar-refractivity contribution in [3.63, 3.8) is 0 Å². The minimum Gasteiger partial charge on any atom is -0.395 e. The second-order valence-electron chi connectivity index (χ2n) is 4.29. The van der Waals surface area contributed by atoms with Crippen molar-refractivity contribution in [1.82, 2.24) is 9.55 Å². The molecule has 1 aliphatic rings. The summed E-state index contributed by atoms with van der Waals surface area (Å²) in [7, 11) is 0. The van der Waals surface area contributed by atoms with Gasteiger partial charge in [0.25, 0.3) is 5.56 Å². The van der Waals surface area contributed by atoms with Gasteiger partial charge in [-0.2, -0.15) is 0 Å². The quantitative estimate of drug-likeness (QED) is 0.686. The Hall–Kier alpha value is -1.05. The number of aromatic amines is 1. The van der Waals surface area contributed by atoms with Crippen LogP contribution < -0.4 is 11.2 Å². The highest BCUT2D eigenvalue weighted by Gasteiger charge is 2.34. The second-order valence-corrected chi connectivity index (χ2v) is 5.71. The molecule has 7 heteroatoms. The van der Waals surface area contributed by atoms with E-state index in [-0.39, 0.29) is 22.8 Å². The third-order valence-electron chi connectivity index (χ3n) is 3.12. The van der Waals surface area contributed by atoms with Crippen LogP contribution in [0.25, 0.3) is 0 Å². The summed E-state index contributed by atoms with van der Waals surface area (Å²) in [6, 6.07) is 0. The van der Waals surface area contributed by atoms with Crippen molar-refractivity contribution in [3.05, 3.63) is 32.6 Å². The van der Waals surface area contributed by atoms with E-state index >= 15 is 0 Å². The van der Waals surface area contributed by atoms with Gasteiger partial charge in [0.2, 0.25) is 0 Å². The van der Waals surface area contributed by atoms with E-state index in [9.17, 15) is 14.7 Å². The van der Waals surface area contributed by atoms with Gasteiger partial charge < -0.3 is 10.2 Å². The molecule has 0 radical (unpaired) electrons. The third-order valence-corrected chi connectivity index (χ3v) is 4.66. The summed E-state index contributed by atoms with van der Waals surface area (Å²) in [5, 5.41) is 18.3. The molecule has 0 amide bonds. The number of aromatic nitrogens is 2. The van der Waals surface area contributed by atoms with Crippen LogP contribution in [0.2, 0.25) is 0 Å². The van der Waals surface area contributed by atoms with E-state index in [4.69, 9.17) is 5.11 Å². The van der Waals surface area contributed by atoms with Gasteiger partial charge in [-0.25, -0.2) is 4.79 Å². The SMILES string of the molecule is CCc1cn([C@@H]2CC(O)[C@@H](CO)S2)c(=O)[nH]c1=O. The second kappa shape index (κ2) is 5.29. The molecule has 1 unspecified atom stereocenters. The summed E-state index contributed by atoms with van der Waals surface area (Å²) in [5.74, 6) is 0. The summed E-state index contributed by atoms with van der Waals surface area (Å²) < 4.78 is 1.43. The summed E-state index contributed by atoms with van der Waals surface area (Å²) >= 11 is 1.35. The molecule has 0 bridgehead atoms. The number of H-pyrrole nitrogens is 1. The Balaban J connectivity index is 2.35. The fourth-order valence-electron chi connectivity index (χ4n) is 2.04. The zero-order valence-electron chi connectivity index (χ0n) is 10.00. The average Bonchev–Trinajstić information content (AvgIpc) is 2.70. The maximum Gasteiger partial charge on any atom is 0.329 e. The molecule has 1 aromatic rings. The molecule has 100 valence electrons. The molecule has 1 aromatic heterocycles. The maximum absolute atomic E-state index is 11.7. The van der Waals surface area contributed by atoms with Crippen LogP contribution in [0.1, 0.15) is 24.3 Å². The van der Waals surface area contributed by atoms with Crippen molar-refractivity contribution < 1.29 is 10.2 Å². The molecular formula is C11H16N2O4S. The molecule has 1 fully saturated rings. The van der Waals surface area contributed by atoms with Gasteiger partial charge in [0.1, 0.15) is 0 Å². The predicted octanol–water partition coefficient (Wildman–Crippen LogP) is -0.544. The minimum absolute atomic E-state index is 0.124. The van der Waals surface area contributed by atoms with Crippen LogP contribution >= 0.6 is 11.8 Å². The number of hydrogen-bond donors (Lipinski definition) is 3. The zero-order valence-corrected chi connectivity index (χ0v) is 10.8. The molecule has 18 heavy (non-hydrogen) atoms. The summed E-state index contributed by atoms with van der Waals surface area (Å²) in [5.41, 5.74) is -0.293. The third kappa shape index (κ3) is 2.38. The lowest BCUT2D eigenvalue weighted by Crippen LogP contribution is -2.32. The van der Waals surface area contributed by atoms with Crippen molar-refractivity contribution in [2.45, 2.75) is 36.5 Å². The smallest absolute Gasteiger partial charge is 0.329 e. The summed E-state index contributed by atoms with van der Waals surface area (Å²) in [6.07, 6.45) is 1.85. The van der Waals surface area contributed by atoms with Crippen molar-refractivity contribution in [2.24, 2.45) is 0 Å². The Morgan fingerprint density at radius 1 is 1.56 bits per heavy atom. The molecule has 3 N–H and O–H groups in total. The number of aliphatic hydroxyl groups is 2. The van der Waals surface area contributed by atoms with E-state index in [2.05, 4.69) is 4.98 Å². The largest absolute Gasteiger partial charge is 0.395 e. The van der Waals surface area contributed by atoms with Crippen molar-refractivity contribution in [1.29, 1.82) is 0 Å². The van der Waals surface area contributed by atoms with Crippen molar-refractivity contribution >= 4 is 11.8 Å². The Labute approximate surface area is 108 Å². The standard InChI is InChI=1S/C11H16N2O4S/c1-2-6-4-13(11(17)12-10(6)16)9-3-7(15)8(5-14)18-9/h4,7-9,14-15H,2-3,5H2,1H3,(H,12,16,17)/t7?,8-,9+/m1/s1. The minimum atomic E-state index is -0.631. The van der Waals surface area contributed by atoms with E-state index in [1.54, 1.807) is 6.20 Å². The molecular weight excluding hydrogens is 256 g/mol. The van der Waals surface area contributed by atoms with E-state index in [1.807, 2.05) is 6.92 Å². The van der Waals surface area contributed by atoms with Crippen LogP contribution in [0.5, 0.6) is 0 Å². The van der Waals surface area contributed by atoms with Gasteiger partial charge in [0, 0.05) is 18.2 Å². The van der Waals surface area contributed by atoms with E-state index in [1.165, 1.54) is 16.3 Å². The first-order valence-corrected chi connectivity index (χ1v) is 6.79. The van der Waals surface area contributed by atoms with Gasteiger partial charge in [-0.05, 0) is 6.42 Å². The first-order chi connectivity index (χ1) is 8.56. The number of rotatable bonds is 3. The molecule has 1 aliphatic heterocycles. The molecule has 2 heterocycles. The van der Waals surface area contributed by atoms with Crippen LogP contribution in [0.15, 0.2) is 15.8 Å². The first-order valence-electron chi connectivity index (χ1n) is 5.85. The van der Waals surface area contributed by atoms with Crippen LogP contribution in [0, 0.1) is 0 Å². The van der Waals surface area contributed by atoms with Gasteiger partial charge in [-0.3, -0.25) is 14.3 Å². The van der Waals surface area contributed by atoms with E-state index < -0.39 is 11.8 Å². The Bertz CT molecular complexity index is 539. The highest BCUT2D eigenvalue weighted by molar-refractivity contribution is 8.00. The Morgan fingerprint density at radius 3 is 2.83 bits per heavy atom. The van der Waals surface area contributed by atoms with Gasteiger partial charge >= 0.3 is 5.69 Å². The average molecular weight is 272 g/mol. The number of nitrogens with one attached hydrogen (secondary N) is 1. The lowest BCUT2D eigenvalue weighted by atomic mass is 10.2. The number of nitrogens with zero attached hydrogens (tertiary/aromatic N) is 1. The lowest BCUT2D eigenvalue weighted by molar-refractivity contribution is 0.137. The maximum atomic E-state index is 11.7. The summed E-state index contributed by atoms with van der Waals surface area (Å²) in [6.45, 7) is 1.72. The summed E-state index contributed by atoms with van der Waals surface area (Å²) in [4.78, 5) is 25.5. The lowest BCUT2D eigenvalue weighted by Gasteiger charge is -2.13. The van der Waals surface area contributed by atoms with E-state index in [0.717, 1.165) is 0 Å². The number of aryl methyl sites for hydroxylation is 1. The number of thioether (sulfide) groups is 1. The van der Waals surface area contributed by atoms with Crippen molar-refractivity contribution in [3.8, 4) is 0 Å². The van der Waals surface area contributed by atoms with Gasteiger partial charge in [0.15, 0.2) is 0 Å². The van der Waals surface area contributed by atoms with Crippen molar-refractivity contribution in [2.75, 3.05) is 6.61 Å². The molecule has 2 rings (SSSR count). The monoisotopic (exact) mass is 272 g/mol. The molecule has 0 spiro atoms. The van der Waals surface area contributed by atoms with E-state index in [0.29, 0.717) is 18.4 Å². The van der Waals surface area contributed by atoms with Crippen LogP contribution in [-0.2, 0) is 6.42 Å². The number of hydrogen-bond acceptors (Lipinski definition) is 5. The Kier molecular flexibility index (Phi) is 3.94. The number of aliphatic hydroxyl groups excluding tert-OH is 2. The van der Waals surface area contributed by atoms with Gasteiger partial charge in [0.05, 0.1) is 23.3 Å². The molecule has 0 aliphatic carbocycles. The highest BCUT2D eigenvalue weighted by atomic mass is 32.2. The van der Waals surface area contributed by atoms with Crippen LogP contribution in [-0.4, -0.2) is 37.7 Å². The van der Waals surface area contributed by atoms with Crippen LogP contribution in [0.4, 0.5) is 0 Å². The molecule has 1 saturated heterocycles. The molecule has 6 nitrogen and oxygen atoms in total. The highest BCUT2D eigenvalue weighted by Crippen LogP contribution is 2.40. The molecule has 3 atom stereocenters. The van der Waals surface area contributed by atoms with Gasteiger partial charge in [-0.1, -0.05) is 6.92 Å². The first kappa shape index (κ1) is 13.4. The Morgan fingerprint density at radius 2 is 2.28 bits per heavy atom.